The van der Waals surface area contributed by atoms with E-state index in [1.54, 1.807) is 36.5 Å². The third-order valence-electron chi connectivity index (χ3n) is 4.69. The zero-order valence-corrected chi connectivity index (χ0v) is 16.4. The van der Waals surface area contributed by atoms with Gasteiger partial charge in [-0.3, -0.25) is 18.8 Å². The van der Waals surface area contributed by atoms with Gasteiger partial charge < -0.3 is 15.5 Å². The van der Waals surface area contributed by atoms with Crippen LogP contribution in [0.5, 0.6) is 0 Å². The molecule has 0 unspecified atom stereocenters. The highest BCUT2D eigenvalue weighted by molar-refractivity contribution is 6.33. The molecule has 8 nitrogen and oxygen atoms in total. The molecular formula is C20H18ClN5O3. The maximum atomic E-state index is 12.6. The van der Waals surface area contributed by atoms with Crippen molar-refractivity contribution in [2.24, 2.45) is 0 Å². The first-order valence-electron chi connectivity index (χ1n) is 9.03. The van der Waals surface area contributed by atoms with E-state index in [1.807, 2.05) is 11.8 Å². The number of aromatic nitrogens is 2. The van der Waals surface area contributed by atoms with Crippen LogP contribution in [0.2, 0.25) is 5.02 Å². The zero-order valence-electron chi connectivity index (χ0n) is 15.6. The lowest BCUT2D eigenvalue weighted by Crippen LogP contribution is -2.47. The number of carbonyl (C=O) groups is 2. The van der Waals surface area contributed by atoms with Crippen LogP contribution in [-0.4, -0.2) is 40.8 Å². The smallest absolute Gasteiger partial charge is 0.270 e. The lowest BCUT2D eigenvalue weighted by molar-refractivity contribution is -0.120. The topological polar surface area (TPSA) is 95.8 Å². The minimum Gasteiger partial charge on any atom is -0.359 e. The molecule has 0 aliphatic carbocycles. The number of amides is 2. The second kappa shape index (κ2) is 7.56. The molecule has 9 heteroatoms. The van der Waals surface area contributed by atoms with Crippen LogP contribution in [0.25, 0.3) is 5.65 Å². The summed E-state index contributed by atoms with van der Waals surface area (Å²) >= 11 is 6.36. The van der Waals surface area contributed by atoms with Crippen LogP contribution in [0.4, 0.5) is 11.4 Å². The summed E-state index contributed by atoms with van der Waals surface area (Å²) in [6.45, 7) is 3.32. The summed E-state index contributed by atoms with van der Waals surface area (Å²) in [5.41, 5.74) is 2.08. The number of fused-ring (bicyclic) bond motifs is 1. The first kappa shape index (κ1) is 18.9. The maximum absolute atomic E-state index is 12.6. The number of benzene rings is 1. The van der Waals surface area contributed by atoms with Crippen molar-refractivity contribution < 1.29 is 9.59 Å². The van der Waals surface area contributed by atoms with Gasteiger partial charge in [-0.15, -0.1) is 0 Å². The third-order valence-corrected chi connectivity index (χ3v) is 5.00. The Bertz CT molecular complexity index is 1190. The number of rotatable bonds is 3. The van der Waals surface area contributed by atoms with Crippen molar-refractivity contribution in [3.8, 4) is 0 Å². The van der Waals surface area contributed by atoms with E-state index in [4.69, 9.17) is 11.6 Å². The molecule has 1 aliphatic rings. The number of hydrogen-bond acceptors (Lipinski definition) is 5. The van der Waals surface area contributed by atoms with Crippen molar-refractivity contribution in [1.29, 1.82) is 0 Å². The summed E-state index contributed by atoms with van der Waals surface area (Å²) < 4.78 is 1.33. The van der Waals surface area contributed by atoms with Crippen molar-refractivity contribution in [3.05, 3.63) is 69.2 Å². The fraction of sp³-hybridized carbons (Fsp3) is 0.200. The van der Waals surface area contributed by atoms with Crippen LogP contribution in [-0.2, 0) is 4.79 Å². The average molecular weight is 412 g/mol. The lowest BCUT2D eigenvalue weighted by atomic mass is 10.2. The van der Waals surface area contributed by atoms with Crippen molar-refractivity contribution in [2.45, 2.75) is 6.92 Å². The lowest BCUT2D eigenvalue weighted by Gasteiger charge is -2.29. The van der Waals surface area contributed by atoms with E-state index in [0.717, 1.165) is 5.56 Å². The van der Waals surface area contributed by atoms with Crippen molar-refractivity contribution >= 4 is 40.4 Å². The summed E-state index contributed by atoms with van der Waals surface area (Å²) in [5.74, 6) is -0.636. The SMILES string of the molecule is Cc1ccn2c(=O)c(C(=O)Nc3ccc(N4CCNC(=O)C4)c(Cl)c3)cnc2c1. The first-order valence-corrected chi connectivity index (χ1v) is 9.41. The van der Waals surface area contributed by atoms with Crippen molar-refractivity contribution in [3.63, 3.8) is 0 Å². The summed E-state index contributed by atoms with van der Waals surface area (Å²) in [4.78, 5) is 42.9. The van der Waals surface area contributed by atoms with Gasteiger partial charge in [0.15, 0.2) is 0 Å². The highest BCUT2D eigenvalue weighted by Crippen LogP contribution is 2.29. The number of nitrogens with zero attached hydrogens (tertiary/aromatic N) is 3. The quantitative estimate of drug-likeness (QED) is 0.685. The third kappa shape index (κ3) is 3.79. The van der Waals surface area contributed by atoms with Gasteiger partial charge in [0, 0.05) is 31.2 Å². The van der Waals surface area contributed by atoms with E-state index in [2.05, 4.69) is 15.6 Å². The summed E-state index contributed by atoms with van der Waals surface area (Å²) in [5, 5.41) is 5.84. The number of anilines is 2. The number of piperazine rings is 1. The molecular weight excluding hydrogens is 394 g/mol. The van der Waals surface area contributed by atoms with Crippen LogP contribution in [0.1, 0.15) is 15.9 Å². The molecule has 3 aromatic rings. The minimum atomic E-state index is -0.571. The maximum Gasteiger partial charge on any atom is 0.270 e. The molecule has 1 aromatic carbocycles. The Kier molecular flexibility index (Phi) is 4.94. The van der Waals surface area contributed by atoms with Crippen LogP contribution < -0.4 is 21.1 Å². The van der Waals surface area contributed by atoms with Gasteiger partial charge in [-0.1, -0.05) is 11.6 Å². The zero-order chi connectivity index (χ0) is 20.5. The number of halogens is 1. The Labute approximate surface area is 171 Å². The number of hydrogen-bond donors (Lipinski definition) is 2. The minimum absolute atomic E-state index is 0.0656. The summed E-state index contributed by atoms with van der Waals surface area (Å²) in [7, 11) is 0. The van der Waals surface area contributed by atoms with Gasteiger partial charge >= 0.3 is 0 Å². The van der Waals surface area contributed by atoms with Gasteiger partial charge in [0.25, 0.3) is 11.5 Å². The second-order valence-electron chi connectivity index (χ2n) is 6.80. The molecule has 4 rings (SSSR count). The molecule has 2 N–H and O–H groups in total. The Morgan fingerprint density at radius 3 is 2.83 bits per heavy atom. The van der Waals surface area contributed by atoms with E-state index < -0.39 is 11.5 Å². The van der Waals surface area contributed by atoms with Gasteiger partial charge in [-0.2, -0.15) is 0 Å². The van der Waals surface area contributed by atoms with Crippen molar-refractivity contribution in [2.75, 3.05) is 29.9 Å². The molecule has 0 atom stereocenters. The molecule has 1 aliphatic heterocycles. The number of pyridine rings is 1. The Balaban J connectivity index is 1.57. The molecule has 0 spiro atoms. The summed E-state index contributed by atoms with van der Waals surface area (Å²) in [6.07, 6.45) is 2.87. The van der Waals surface area contributed by atoms with Gasteiger partial charge in [-0.25, -0.2) is 4.98 Å². The van der Waals surface area contributed by atoms with Gasteiger partial charge in [0.2, 0.25) is 5.91 Å². The Hall–Kier alpha value is -3.39. The Morgan fingerprint density at radius 2 is 2.07 bits per heavy atom. The largest absolute Gasteiger partial charge is 0.359 e. The van der Waals surface area contributed by atoms with Crippen molar-refractivity contribution in [1.82, 2.24) is 14.7 Å². The average Bonchev–Trinajstić information content (AvgIpc) is 2.68. The first-order chi connectivity index (χ1) is 13.9. The van der Waals surface area contributed by atoms with Crippen LogP contribution in [0.15, 0.2) is 47.5 Å². The Morgan fingerprint density at radius 1 is 1.24 bits per heavy atom. The molecule has 3 heterocycles. The van der Waals surface area contributed by atoms with E-state index >= 15 is 0 Å². The highest BCUT2D eigenvalue weighted by Gasteiger charge is 2.19. The number of aryl methyl sites for hydroxylation is 1. The molecule has 0 radical (unpaired) electrons. The fourth-order valence-corrected chi connectivity index (χ4v) is 3.52. The van der Waals surface area contributed by atoms with Gasteiger partial charge in [0.05, 0.1) is 17.3 Å². The van der Waals surface area contributed by atoms with Gasteiger partial charge in [0.1, 0.15) is 11.2 Å². The molecule has 148 valence electrons. The van der Waals surface area contributed by atoms with E-state index in [-0.39, 0.29) is 18.0 Å². The van der Waals surface area contributed by atoms with E-state index in [0.29, 0.717) is 35.1 Å². The van der Waals surface area contributed by atoms with E-state index in [9.17, 15) is 14.4 Å². The number of nitrogens with one attached hydrogen (secondary N) is 2. The highest BCUT2D eigenvalue weighted by atomic mass is 35.5. The molecule has 0 saturated carbocycles. The van der Waals surface area contributed by atoms with Crippen LogP contribution in [0.3, 0.4) is 0 Å². The number of carbonyl (C=O) groups excluding carboxylic acids is 2. The molecule has 1 saturated heterocycles. The molecule has 2 amide bonds. The standard InChI is InChI=1S/C20H18ClN5O3/c1-12-4-6-26-17(8-12)23-10-14(20(26)29)19(28)24-13-2-3-16(15(21)9-13)25-7-5-22-18(27)11-25/h2-4,6,8-10H,5,7,11H2,1H3,(H,22,27)(H,24,28). The van der Waals surface area contributed by atoms with Gasteiger partial charge in [-0.05, 0) is 42.8 Å². The monoisotopic (exact) mass is 411 g/mol. The normalized spacial score (nSPS) is 14.0. The predicted octanol–water partition coefficient (Wildman–Crippen LogP) is 1.84. The molecule has 29 heavy (non-hydrogen) atoms. The van der Waals surface area contributed by atoms with Crippen LogP contribution in [0, 0.1) is 6.92 Å². The van der Waals surface area contributed by atoms with Crippen LogP contribution >= 0.6 is 11.6 Å². The van der Waals surface area contributed by atoms with E-state index in [1.165, 1.54) is 10.6 Å². The second-order valence-corrected chi connectivity index (χ2v) is 7.21. The molecule has 2 aromatic heterocycles. The molecule has 1 fully saturated rings. The predicted molar refractivity (Wildman–Crippen MR) is 111 cm³/mol. The summed E-state index contributed by atoms with van der Waals surface area (Å²) in [6, 6.07) is 8.56. The fourth-order valence-electron chi connectivity index (χ4n) is 3.22. The molecule has 0 bridgehead atoms.